The lowest BCUT2D eigenvalue weighted by molar-refractivity contribution is -0.171. The summed E-state index contributed by atoms with van der Waals surface area (Å²) in [6.07, 6.45) is 5.13. The highest BCUT2D eigenvalue weighted by Crippen LogP contribution is 2.35. The van der Waals surface area contributed by atoms with Gasteiger partial charge in [0, 0.05) is 24.2 Å². The number of carbonyl (C=O) groups is 4. The fourth-order valence-electron chi connectivity index (χ4n) is 5.40. The highest BCUT2D eigenvalue weighted by atomic mass is 16.6. The standard InChI is InChI=1S/C30H43N5O7/c1-19(30(41,27(38)39)21-13-9-6-10-14-21)34-25(36)24(16-22-17-32-18-33-22)35(28(40)42-29(2,3)4)26(37)23(31)15-20-11-7-5-8-12-20/h5,7-8,11-12,17-19,21,23-24,41H,6,9-10,13-16,31H2,1-4H3,(H,32,33)(H,34,36)(H,38,39)/t19-,23-,24-,30?/m0/s1. The predicted octanol–water partition coefficient (Wildman–Crippen LogP) is 2.56. The van der Waals surface area contributed by atoms with Crippen LogP contribution < -0.4 is 11.1 Å². The van der Waals surface area contributed by atoms with Crippen molar-refractivity contribution < 1.29 is 34.1 Å². The summed E-state index contributed by atoms with van der Waals surface area (Å²) in [5.74, 6) is -3.72. The maximum absolute atomic E-state index is 13.9. The first-order chi connectivity index (χ1) is 19.7. The number of aliphatic carboxylic acids is 1. The lowest BCUT2D eigenvalue weighted by Crippen LogP contribution is -2.64. The van der Waals surface area contributed by atoms with Crippen LogP contribution in [0.5, 0.6) is 0 Å². The van der Waals surface area contributed by atoms with E-state index in [1.165, 1.54) is 19.4 Å². The van der Waals surface area contributed by atoms with Gasteiger partial charge in [0.1, 0.15) is 11.6 Å². The van der Waals surface area contributed by atoms with Crippen molar-refractivity contribution in [1.29, 1.82) is 0 Å². The number of hydrogen-bond donors (Lipinski definition) is 5. The molecule has 1 heterocycles. The van der Waals surface area contributed by atoms with Crippen molar-refractivity contribution in [3.05, 3.63) is 54.1 Å². The molecule has 6 N–H and O–H groups in total. The minimum atomic E-state index is -2.25. The van der Waals surface area contributed by atoms with Gasteiger partial charge in [-0.25, -0.2) is 19.5 Å². The Morgan fingerprint density at radius 3 is 2.31 bits per heavy atom. The van der Waals surface area contributed by atoms with Gasteiger partial charge in [-0.15, -0.1) is 0 Å². The fourth-order valence-corrected chi connectivity index (χ4v) is 5.40. The molecule has 1 aliphatic rings. The van der Waals surface area contributed by atoms with Gasteiger partial charge >= 0.3 is 12.1 Å². The number of aromatic nitrogens is 2. The summed E-state index contributed by atoms with van der Waals surface area (Å²) in [5, 5.41) is 24.1. The molecule has 0 aliphatic heterocycles. The number of aliphatic hydroxyl groups is 1. The van der Waals surface area contributed by atoms with E-state index in [0.29, 0.717) is 23.4 Å². The van der Waals surface area contributed by atoms with Crippen LogP contribution in [0.1, 0.15) is 71.1 Å². The minimum absolute atomic E-state index is 0.0915. The van der Waals surface area contributed by atoms with Gasteiger partial charge in [-0.3, -0.25) is 9.59 Å². The first-order valence-electron chi connectivity index (χ1n) is 14.3. The van der Waals surface area contributed by atoms with E-state index >= 15 is 0 Å². The number of carboxylic acids is 1. The maximum Gasteiger partial charge on any atom is 0.417 e. The second-order valence-corrected chi connectivity index (χ2v) is 12.0. The van der Waals surface area contributed by atoms with Crippen LogP contribution in [0, 0.1) is 5.92 Å². The number of carbonyl (C=O) groups excluding carboxylic acids is 3. The van der Waals surface area contributed by atoms with E-state index < -0.39 is 59.1 Å². The molecule has 3 rings (SSSR count). The molecule has 42 heavy (non-hydrogen) atoms. The SMILES string of the molecule is C[C@H](NC(=O)[C@H](Cc1cnc[nH]1)N(C(=O)OC(C)(C)C)C(=O)[C@@H](N)Cc1ccccc1)C(O)(C(=O)O)C1CCCCC1. The van der Waals surface area contributed by atoms with Crippen molar-refractivity contribution in [3.63, 3.8) is 0 Å². The summed E-state index contributed by atoms with van der Waals surface area (Å²) < 4.78 is 5.54. The van der Waals surface area contributed by atoms with Crippen molar-refractivity contribution in [2.24, 2.45) is 11.7 Å². The van der Waals surface area contributed by atoms with Crippen molar-refractivity contribution in [3.8, 4) is 0 Å². The number of aromatic amines is 1. The number of H-pyrrole nitrogens is 1. The normalized spacial score (nSPS) is 17.8. The van der Waals surface area contributed by atoms with Gasteiger partial charge in [0.05, 0.1) is 18.4 Å². The minimum Gasteiger partial charge on any atom is -0.479 e. The zero-order valence-electron chi connectivity index (χ0n) is 24.7. The predicted molar refractivity (Wildman–Crippen MR) is 154 cm³/mol. The second-order valence-electron chi connectivity index (χ2n) is 12.0. The zero-order valence-corrected chi connectivity index (χ0v) is 24.7. The molecule has 1 aliphatic carbocycles. The molecule has 0 spiro atoms. The van der Waals surface area contributed by atoms with Gasteiger partial charge < -0.3 is 31.0 Å². The fraction of sp³-hybridized carbons (Fsp3) is 0.567. The number of carboxylic acid groups (broad SMARTS) is 1. The molecule has 0 bridgehead atoms. The Hall–Kier alpha value is -3.77. The number of ether oxygens (including phenoxy) is 1. The molecule has 1 saturated carbocycles. The Bertz CT molecular complexity index is 1210. The quantitative estimate of drug-likeness (QED) is 0.264. The molecule has 0 radical (unpaired) electrons. The van der Waals surface area contributed by atoms with E-state index in [1.807, 2.05) is 6.07 Å². The smallest absolute Gasteiger partial charge is 0.417 e. The number of benzene rings is 1. The molecule has 12 nitrogen and oxygen atoms in total. The van der Waals surface area contributed by atoms with Crippen molar-refractivity contribution >= 4 is 23.9 Å². The number of rotatable bonds is 11. The van der Waals surface area contributed by atoms with Crippen molar-refractivity contribution in [1.82, 2.24) is 20.2 Å². The molecule has 230 valence electrons. The topological polar surface area (TPSA) is 188 Å². The maximum atomic E-state index is 13.9. The average Bonchev–Trinajstić information content (AvgIpc) is 3.45. The average molecular weight is 586 g/mol. The molecule has 2 aromatic rings. The molecular formula is C30H43N5O7. The van der Waals surface area contributed by atoms with Gasteiger partial charge in [-0.05, 0) is 52.5 Å². The number of nitrogens with one attached hydrogen (secondary N) is 2. The van der Waals surface area contributed by atoms with E-state index in [2.05, 4.69) is 15.3 Å². The summed E-state index contributed by atoms with van der Waals surface area (Å²) in [6, 6.07) is 5.05. The molecule has 0 saturated heterocycles. The molecule has 12 heteroatoms. The van der Waals surface area contributed by atoms with E-state index in [9.17, 15) is 29.4 Å². The monoisotopic (exact) mass is 585 g/mol. The van der Waals surface area contributed by atoms with Crippen molar-refractivity contribution in [2.75, 3.05) is 0 Å². The third-order valence-electron chi connectivity index (χ3n) is 7.61. The molecular weight excluding hydrogens is 542 g/mol. The Morgan fingerprint density at radius 2 is 1.76 bits per heavy atom. The zero-order chi connectivity index (χ0) is 31.1. The number of amides is 3. The van der Waals surface area contributed by atoms with Crippen LogP contribution >= 0.6 is 0 Å². The summed E-state index contributed by atoms with van der Waals surface area (Å²) in [6.45, 7) is 6.29. The first-order valence-corrected chi connectivity index (χ1v) is 14.3. The van der Waals surface area contributed by atoms with E-state index in [1.54, 1.807) is 45.0 Å². The largest absolute Gasteiger partial charge is 0.479 e. The van der Waals surface area contributed by atoms with E-state index in [0.717, 1.165) is 24.8 Å². The molecule has 1 aromatic carbocycles. The summed E-state index contributed by atoms with van der Waals surface area (Å²) in [7, 11) is 0. The summed E-state index contributed by atoms with van der Waals surface area (Å²) >= 11 is 0. The van der Waals surface area contributed by atoms with Crippen LogP contribution in [0.15, 0.2) is 42.9 Å². The van der Waals surface area contributed by atoms with Crippen molar-refractivity contribution in [2.45, 2.75) is 102 Å². The van der Waals surface area contributed by atoms with Gasteiger partial charge in [0.2, 0.25) is 11.8 Å². The number of nitrogens with two attached hydrogens (primary N) is 1. The van der Waals surface area contributed by atoms with Gasteiger partial charge in [-0.2, -0.15) is 0 Å². The lowest BCUT2D eigenvalue weighted by Gasteiger charge is -2.40. The van der Waals surface area contributed by atoms with Crippen LogP contribution in [0.3, 0.4) is 0 Å². The molecule has 1 unspecified atom stereocenters. The Kier molecular flexibility index (Phi) is 10.9. The third-order valence-corrected chi connectivity index (χ3v) is 7.61. The van der Waals surface area contributed by atoms with Crippen LogP contribution in [0.25, 0.3) is 0 Å². The summed E-state index contributed by atoms with van der Waals surface area (Å²) in [4.78, 5) is 61.2. The molecule has 1 fully saturated rings. The number of imide groups is 1. The van der Waals surface area contributed by atoms with Crippen LogP contribution in [0.4, 0.5) is 4.79 Å². The Labute approximate surface area is 246 Å². The first kappa shape index (κ1) is 32.7. The second kappa shape index (κ2) is 13.9. The highest BCUT2D eigenvalue weighted by molar-refractivity contribution is 6.00. The van der Waals surface area contributed by atoms with Crippen LogP contribution in [-0.2, 0) is 32.0 Å². The number of imidazole rings is 1. The lowest BCUT2D eigenvalue weighted by atomic mass is 9.73. The summed E-state index contributed by atoms with van der Waals surface area (Å²) in [5.41, 5.74) is 4.23. The van der Waals surface area contributed by atoms with E-state index in [4.69, 9.17) is 10.5 Å². The number of nitrogens with zero attached hydrogens (tertiary/aromatic N) is 2. The molecule has 1 aromatic heterocycles. The Balaban J connectivity index is 1.98. The third kappa shape index (κ3) is 8.16. The molecule has 4 atom stereocenters. The molecule has 3 amide bonds. The highest BCUT2D eigenvalue weighted by Gasteiger charge is 2.50. The van der Waals surface area contributed by atoms with Gasteiger partial charge in [0.15, 0.2) is 5.60 Å². The number of hydrogen-bond acceptors (Lipinski definition) is 8. The van der Waals surface area contributed by atoms with Crippen LogP contribution in [0.2, 0.25) is 0 Å². The van der Waals surface area contributed by atoms with E-state index in [-0.39, 0.29) is 12.8 Å². The van der Waals surface area contributed by atoms with Gasteiger partial charge in [0.25, 0.3) is 0 Å². The van der Waals surface area contributed by atoms with Gasteiger partial charge in [-0.1, -0.05) is 49.6 Å². The Morgan fingerprint density at radius 1 is 1.12 bits per heavy atom. The van der Waals surface area contributed by atoms with Crippen LogP contribution in [-0.4, -0.2) is 78.3 Å².